The molecule has 0 bridgehead atoms. The first-order valence-corrected chi connectivity index (χ1v) is 10.2. The lowest BCUT2D eigenvalue weighted by atomic mass is 9.78. The van der Waals surface area contributed by atoms with E-state index in [0.717, 1.165) is 11.3 Å². The fourth-order valence-corrected chi connectivity index (χ4v) is 4.70. The topological polar surface area (TPSA) is 66.9 Å². The molecule has 6 nitrogen and oxygen atoms in total. The van der Waals surface area contributed by atoms with E-state index in [9.17, 15) is 14.4 Å². The van der Waals surface area contributed by atoms with Gasteiger partial charge < -0.3 is 14.5 Å². The Morgan fingerprint density at radius 1 is 1.10 bits per heavy atom. The monoisotopic (exact) mass is 406 g/mol. The quantitative estimate of drug-likeness (QED) is 0.783. The van der Waals surface area contributed by atoms with Gasteiger partial charge in [-0.15, -0.1) is 0 Å². The third-order valence-electron chi connectivity index (χ3n) is 6.41. The molecule has 0 radical (unpaired) electrons. The van der Waals surface area contributed by atoms with Crippen LogP contribution in [0.3, 0.4) is 0 Å². The molecule has 2 aromatic carbocycles. The van der Waals surface area contributed by atoms with Gasteiger partial charge in [0.25, 0.3) is 5.91 Å². The number of carbonyl (C=O) groups is 3. The summed E-state index contributed by atoms with van der Waals surface area (Å²) in [7, 11) is 1.60. The molecule has 2 atom stereocenters. The van der Waals surface area contributed by atoms with Gasteiger partial charge in [-0.25, -0.2) is 0 Å². The van der Waals surface area contributed by atoms with Gasteiger partial charge in [0.1, 0.15) is 5.75 Å². The van der Waals surface area contributed by atoms with Gasteiger partial charge in [0.15, 0.2) is 5.78 Å². The van der Waals surface area contributed by atoms with Gasteiger partial charge in [-0.05, 0) is 37.6 Å². The van der Waals surface area contributed by atoms with Crippen molar-refractivity contribution < 1.29 is 19.1 Å². The lowest BCUT2D eigenvalue weighted by Crippen LogP contribution is -2.49. The molecule has 6 heteroatoms. The number of ketones is 1. The SMILES string of the molecule is CCN1C(=O)c2ccccc2C(=O)[C@@]2(C)CN(C(=O)Cc3ccc(OC)cc3)C[C@@H]12. The van der Waals surface area contributed by atoms with Gasteiger partial charge in [0.2, 0.25) is 5.91 Å². The number of methoxy groups -OCH3 is 1. The molecule has 4 rings (SSSR count). The zero-order valence-corrected chi connectivity index (χ0v) is 17.6. The van der Waals surface area contributed by atoms with Gasteiger partial charge in [0, 0.05) is 25.2 Å². The van der Waals surface area contributed by atoms with Crippen LogP contribution in [0.2, 0.25) is 0 Å². The number of ether oxygens (including phenoxy) is 1. The van der Waals surface area contributed by atoms with Crippen LogP contribution in [-0.2, 0) is 11.2 Å². The smallest absolute Gasteiger partial charge is 0.254 e. The van der Waals surface area contributed by atoms with Gasteiger partial charge >= 0.3 is 0 Å². The number of nitrogens with zero attached hydrogens (tertiary/aromatic N) is 2. The standard InChI is InChI=1S/C24H26N2O4/c1-4-26-20-14-25(21(27)13-16-9-11-17(30-3)12-10-16)15-24(20,2)22(28)18-7-5-6-8-19(18)23(26)29/h5-12,20H,4,13-15H2,1-3H3/t20-,24+/m1/s1. The Labute approximate surface area is 176 Å². The molecular weight excluding hydrogens is 380 g/mol. The van der Waals surface area contributed by atoms with Crippen LogP contribution in [-0.4, -0.2) is 60.2 Å². The van der Waals surface area contributed by atoms with Gasteiger partial charge in [-0.2, -0.15) is 0 Å². The van der Waals surface area contributed by atoms with Crippen LogP contribution in [0.1, 0.15) is 40.1 Å². The number of likely N-dealkylation sites (tertiary alicyclic amines) is 1. The molecule has 1 fully saturated rings. The van der Waals surface area contributed by atoms with Crippen molar-refractivity contribution in [3.8, 4) is 5.75 Å². The first-order valence-electron chi connectivity index (χ1n) is 10.2. The molecule has 2 amide bonds. The normalized spacial score (nSPS) is 23.1. The maximum atomic E-state index is 13.5. The molecule has 0 unspecified atom stereocenters. The molecule has 2 heterocycles. The van der Waals surface area contributed by atoms with Crippen molar-refractivity contribution in [3.05, 3.63) is 65.2 Å². The van der Waals surface area contributed by atoms with Crippen molar-refractivity contribution in [2.45, 2.75) is 26.3 Å². The van der Waals surface area contributed by atoms with E-state index in [0.29, 0.717) is 30.8 Å². The summed E-state index contributed by atoms with van der Waals surface area (Å²) in [6, 6.07) is 14.1. The molecule has 156 valence electrons. The predicted octanol–water partition coefficient (Wildman–Crippen LogP) is 2.81. The second-order valence-electron chi connectivity index (χ2n) is 8.20. The highest BCUT2D eigenvalue weighted by Crippen LogP contribution is 2.41. The van der Waals surface area contributed by atoms with Crippen molar-refractivity contribution in [2.75, 3.05) is 26.7 Å². The lowest BCUT2D eigenvalue weighted by molar-refractivity contribution is -0.129. The van der Waals surface area contributed by atoms with Gasteiger partial charge in [-0.1, -0.05) is 30.3 Å². The van der Waals surface area contributed by atoms with Crippen LogP contribution in [0, 0.1) is 5.41 Å². The van der Waals surface area contributed by atoms with Crippen LogP contribution in [0.15, 0.2) is 48.5 Å². The molecule has 2 aromatic rings. The molecule has 0 spiro atoms. The van der Waals surface area contributed by atoms with Crippen molar-refractivity contribution >= 4 is 17.6 Å². The summed E-state index contributed by atoms with van der Waals surface area (Å²) < 4.78 is 5.17. The van der Waals surface area contributed by atoms with Crippen LogP contribution >= 0.6 is 0 Å². The molecule has 0 aliphatic carbocycles. The second-order valence-corrected chi connectivity index (χ2v) is 8.20. The first kappa shape index (κ1) is 20.1. The maximum absolute atomic E-state index is 13.5. The summed E-state index contributed by atoms with van der Waals surface area (Å²) in [5.41, 5.74) is 0.970. The Kier molecular flexibility index (Phi) is 5.10. The average molecular weight is 406 g/mol. The van der Waals surface area contributed by atoms with E-state index in [1.54, 1.807) is 41.2 Å². The van der Waals surface area contributed by atoms with Gasteiger partial charge in [0.05, 0.1) is 30.6 Å². The minimum Gasteiger partial charge on any atom is -0.497 e. The highest BCUT2D eigenvalue weighted by molar-refractivity contribution is 6.12. The van der Waals surface area contributed by atoms with Crippen LogP contribution in [0.4, 0.5) is 0 Å². The Hall–Kier alpha value is -3.15. The second kappa shape index (κ2) is 7.59. The predicted molar refractivity (Wildman–Crippen MR) is 113 cm³/mol. The van der Waals surface area contributed by atoms with E-state index in [-0.39, 0.29) is 30.1 Å². The van der Waals surface area contributed by atoms with Crippen LogP contribution in [0.25, 0.3) is 0 Å². The highest BCUT2D eigenvalue weighted by Gasteiger charge is 2.55. The van der Waals surface area contributed by atoms with Crippen LogP contribution < -0.4 is 4.74 Å². The number of hydrogen-bond donors (Lipinski definition) is 0. The number of likely N-dealkylation sites (N-methyl/N-ethyl adjacent to an activating group) is 1. The fraction of sp³-hybridized carbons (Fsp3) is 0.375. The number of hydrogen-bond acceptors (Lipinski definition) is 4. The molecule has 2 aliphatic rings. The Balaban J connectivity index is 1.62. The summed E-state index contributed by atoms with van der Waals surface area (Å²) in [6.45, 7) is 4.97. The van der Waals surface area contributed by atoms with E-state index in [1.807, 2.05) is 38.1 Å². The average Bonchev–Trinajstić information content (AvgIpc) is 3.10. The summed E-state index contributed by atoms with van der Waals surface area (Å²) >= 11 is 0. The first-order chi connectivity index (χ1) is 14.4. The molecule has 2 aliphatic heterocycles. The van der Waals surface area contributed by atoms with Crippen molar-refractivity contribution in [3.63, 3.8) is 0 Å². The minimum absolute atomic E-state index is 0.0425. The third kappa shape index (κ3) is 3.16. The van der Waals surface area contributed by atoms with E-state index in [2.05, 4.69) is 0 Å². The summed E-state index contributed by atoms with van der Waals surface area (Å²) in [6.07, 6.45) is 0.248. The summed E-state index contributed by atoms with van der Waals surface area (Å²) in [4.78, 5) is 43.2. The van der Waals surface area contributed by atoms with E-state index < -0.39 is 5.41 Å². The van der Waals surface area contributed by atoms with Crippen molar-refractivity contribution in [1.29, 1.82) is 0 Å². The maximum Gasteiger partial charge on any atom is 0.254 e. The van der Waals surface area contributed by atoms with Crippen LogP contribution in [0.5, 0.6) is 5.75 Å². The molecule has 0 aromatic heterocycles. The number of carbonyl (C=O) groups excluding carboxylic acids is 3. The number of amides is 2. The molecular formula is C24H26N2O4. The summed E-state index contributed by atoms with van der Waals surface area (Å²) in [5.74, 6) is 0.495. The Morgan fingerprint density at radius 3 is 2.40 bits per heavy atom. The van der Waals surface area contributed by atoms with Crippen molar-refractivity contribution in [1.82, 2.24) is 9.80 Å². The number of Topliss-reactive ketones (excluding diaryl/α,β-unsaturated/α-hetero) is 1. The Bertz CT molecular complexity index is 1000. The highest BCUT2D eigenvalue weighted by atomic mass is 16.5. The Morgan fingerprint density at radius 2 is 1.77 bits per heavy atom. The molecule has 30 heavy (non-hydrogen) atoms. The number of fused-ring (bicyclic) bond motifs is 2. The van der Waals surface area contributed by atoms with E-state index in [1.165, 1.54) is 0 Å². The fourth-order valence-electron chi connectivity index (χ4n) is 4.70. The zero-order valence-electron chi connectivity index (χ0n) is 17.6. The minimum atomic E-state index is -0.826. The van der Waals surface area contributed by atoms with Crippen molar-refractivity contribution in [2.24, 2.45) is 5.41 Å². The van der Waals surface area contributed by atoms with E-state index >= 15 is 0 Å². The summed E-state index contributed by atoms with van der Waals surface area (Å²) in [5, 5.41) is 0. The van der Waals surface area contributed by atoms with E-state index in [4.69, 9.17) is 4.74 Å². The van der Waals surface area contributed by atoms with Gasteiger partial charge in [-0.3, -0.25) is 14.4 Å². The molecule has 0 N–H and O–H groups in total. The number of rotatable bonds is 4. The number of benzene rings is 2. The lowest BCUT2D eigenvalue weighted by Gasteiger charge is -2.34. The largest absolute Gasteiger partial charge is 0.497 e. The molecule has 1 saturated heterocycles. The molecule has 0 saturated carbocycles. The third-order valence-corrected chi connectivity index (χ3v) is 6.41. The zero-order chi connectivity index (χ0) is 21.5.